The molecule has 0 aliphatic heterocycles. The number of benzene rings is 1. The molecule has 21 heavy (non-hydrogen) atoms. The normalized spacial score (nSPS) is 23.1. The summed E-state index contributed by atoms with van der Waals surface area (Å²) < 4.78 is 0. The number of nitrogens with one attached hydrogen (secondary N) is 1. The monoisotopic (exact) mass is 302 g/mol. The van der Waals surface area contributed by atoms with Crippen LogP contribution < -0.4 is 5.32 Å². The Labute approximate surface area is 131 Å². The quantitative estimate of drug-likeness (QED) is 0.663. The number of alkyl halides is 1. The lowest BCUT2D eigenvalue weighted by atomic mass is 10.1. The first-order valence-electron chi connectivity index (χ1n) is 7.97. The zero-order chi connectivity index (χ0) is 14.7. The summed E-state index contributed by atoms with van der Waals surface area (Å²) in [6, 6.07) is 11.0. The highest BCUT2D eigenvalue weighted by Gasteiger charge is 2.21. The smallest absolute Gasteiger partial charge is 0.0708 e. The van der Waals surface area contributed by atoms with Crippen molar-refractivity contribution in [3.8, 4) is 0 Å². The molecule has 1 fully saturated rings. The molecule has 3 rings (SSSR count). The van der Waals surface area contributed by atoms with Crippen LogP contribution in [0.1, 0.15) is 43.4 Å². The highest BCUT2D eigenvalue weighted by Crippen LogP contribution is 2.24. The minimum atomic E-state index is 0.265. The third-order valence-corrected chi connectivity index (χ3v) is 4.94. The van der Waals surface area contributed by atoms with Gasteiger partial charge in [-0.05, 0) is 37.5 Å². The van der Waals surface area contributed by atoms with Gasteiger partial charge in [0.1, 0.15) is 0 Å². The molecule has 112 valence electrons. The standard InChI is InChI=1S/C18H23ClN2/c1-13-11-14(15-7-5-6-9-17(15)21-13)12-20-18-10-4-2-3-8-16(18)19/h5-7,9,11,16,18,20H,2-4,8,10,12H2,1H3. The second-order valence-corrected chi connectivity index (χ2v) is 6.64. The van der Waals surface area contributed by atoms with Crippen molar-refractivity contribution >= 4 is 22.5 Å². The Balaban J connectivity index is 1.78. The second kappa shape index (κ2) is 6.76. The van der Waals surface area contributed by atoms with Crippen molar-refractivity contribution < 1.29 is 0 Å². The molecular weight excluding hydrogens is 280 g/mol. The number of aryl methyl sites for hydroxylation is 1. The largest absolute Gasteiger partial charge is 0.308 e. The van der Waals surface area contributed by atoms with Gasteiger partial charge in [0.25, 0.3) is 0 Å². The van der Waals surface area contributed by atoms with Crippen LogP contribution in [0.4, 0.5) is 0 Å². The predicted octanol–water partition coefficient (Wildman–Crippen LogP) is 4.57. The van der Waals surface area contributed by atoms with E-state index in [1.807, 2.05) is 6.07 Å². The topological polar surface area (TPSA) is 24.9 Å². The Kier molecular flexibility index (Phi) is 4.77. The summed E-state index contributed by atoms with van der Waals surface area (Å²) in [7, 11) is 0. The number of aromatic nitrogens is 1. The number of rotatable bonds is 3. The Morgan fingerprint density at radius 3 is 2.90 bits per heavy atom. The molecule has 0 bridgehead atoms. The van der Waals surface area contributed by atoms with Crippen LogP contribution in [0, 0.1) is 6.92 Å². The van der Waals surface area contributed by atoms with E-state index in [2.05, 4.69) is 41.5 Å². The molecule has 0 radical (unpaired) electrons. The maximum atomic E-state index is 6.53. The highest BCUT2D eigenvalue weighted by molar-refractivity contribution is 6.21. The van der Waals surface area contributed by atoms with E-state index in [1.165, 1.54) is 36.6 Å². The Morgan fingerprint density at radius 1 is 1.19 bits per heavy atom. The summed E-state index contributed by atoms with van der Waals surface area (Å²) in [5.74, 6) is 0. The van der Waals surface area contributed by atoms with Gasteiger partial charge in [0.15, 0.2) is 0 Å². The summed E-state index contributed by atoms with van der Waals surface area (Å²) >= 11 is 6.53. The first kappa shape index (κ1) is 14.8. The molecule has 0 amide bonds. The zero-order valence-corrected chi connectivity index (χ0v) is 13.4. The van der Waals surface area contributed by atoms with Crippen LogP contribution in [0.15, 0.2) is 30.3 Å². The van der Waals surface area contributed by atoms with Crippen molar-refractivity contribution in [2.75, 3.05) is 0 Å². The zero-order valence-electron chi connectivity index (χ0n) is 12.6. The van der Waals surface area contributed by atoms with Gasteiger partial charge in [-0.15, -0.1) is 11.6 Å². The van der Waals surface area contributed by atoms with Crippen LogP contribution in [0.2, 0.25) is 0 Å². The lowest BCUT2D eigenvalue weighted by molar-refractivity contribution is 0.465. The fraction of sp³-hybridized carbons (Fsp3) is 0.500. The average molecular weight is 303 g/mol. The van der Waals surface area contributed by atoms with Gasteiger partial charge in [0.2, 0.25) is 0 Å². The fourth-order valence-electron chi connectivity index (χ4n) is 3.27. The van der Waals surface area contributed by atoms with E-state index >= 15 is 0 Å². The molecule has 2 nitrogen and oxygen atoms in total. The summed E-state index contributed by atoms with van der Waals surface area (Å²) in [5, 5.41) is 5.20. The Hall–Kier alpha value is -1.12. The van der Waals surface area contributed by atoms with Gasteiger partial charge >= 0.3 is 0 Å². The van der Waals surface area contributed by atoms with Crippen LogP contribution in [-0.2, 0) is 6.54 Å². The minimum Gasteiger partial charge on any atom is -0.308 e. The second-order valence-electron chi connectivity index (χ2n) is 6.08. The highest BCUT2D eigenvalue weighted by atomic mass is 35.5. The number of fused-ring (bicyclic) bond motifs is 1. The van der Waals surface area contributed by atoms with E-state index < -0.39 is 0 Å². The third kappa shape index (κ3) is 3.56. The molecule has 1 aromatic heterocycles. The van der Waals surface area contributed by atoms with Gasteiger partial charge in [0.05, 0.1) is 5.52 Å². The molecule has 1 aliphatic carbocycles. The van der Waals surface area contributed by atoms with Crippen LogP contribution >= 0.6 is 11.6 Å². The lowest BCUT2D eigenvalue weighted by Crippen LogP contribution is -2.35. The first-order valence-corrected chi connectivity index (χ1v) is 8.40. The van der Waals surface area contributed by atoms with Crippen molar-refractivity contribution in [3.05, 3.63) is 41.6 Å². The van der Waals surface area contributed by atoms with Crippen molar-refractivity contribution in [2.24, 2.45) is 0 Å². The van der Waals surface area contributed by atoms with Crippen molar-refractivity contribution in [1.29, 1.82) is 0 Å². The molecule has 1 N–H and O–H groups in total. The average Bonchev–Trinajstić information content (AvgIpc) is 2.69. The number of para-hydroxylation sites is 1. The van der Waals surface area contributed by atoms with Crippen molar-refractivity contribution in [3.63, 3.8) is 0 Å². The Bertz CT molecular complexity index is 611. The number of halogens is 1. The molecule has 1 aromatic carbocycles. The number of nitrogens with zero attached hydrogens (tertiary/aromatic N) is 1. The summed E-state index contributed by atoms with van der Waals surface area (Å²) in [5.41, 5.74) is 3.48. The molecule has 2 aromatic rings. The van der Waals surface area contributed by atoms with Crippen LogP contribution in [-0.4, -0.2) is 16.4 Å². The molecule has 3 heteroatoms. The molecule has 0 spiro atoms. The molecule has 2 atom stereocenters. The third-order valence-electron chi connectivity index (χ3n) is 4.42. The molecule has 1 saturated carbocycles. The molecular formula is C18H23ClN2. The maximum absolute atomic E-state index is 6.53. The molecule has 0 saturated heterocycles. The van der Waals surface area contributed by atoms with Crippen LogP contribution in [0.3, 0.4) is 0 Å². The lowest BCUT2D eigenvalue weighted by Gasteiger charge is -2.21. The fourth-order valence-corrected chi connectivity index (χ4v) is 3.64. The van der Waals surface area contributed by atoms with Gasteiger partial charge < -0.3 is 5.32 Å². The summed E-state index contributed by atoms with van der Waals surface area (Å²) in [6.45, 7) is 2.93. The van der Waals surface area contributed by atoms with Gasteiger partial charge in [-0.25, -0.2) is 0 Å². The SMILES string of the molecule is Cc1cc(CNC2CCCCCC2Cl)c2ccccc2n1. The minimum absolute atomic E-state index is 0.265. The first-order chi connectivity index (χ1) is 10.2. The maximum Gasteiger partial charge on any atom is 0.0708 e. The van der Waals surface area contributed by atoms with Crippen molar-refractivity contribution in [1.82, 2.24) is 10.3 Å². The van der Waals surface area contributed by atoms with E-state index in [4.69, 9.17) is 11.6 Å². The van der Waals surface area contributed by atoms with Crippen LogP contribution in [0.25, 0.3) is 10.9 Å². The van der Waals surface area contributed by atoms with E-state index in [0.717, 1.165) is 24.2 Å². The molecule has 1 aliphatic rings. The van der Waals surface area contributed by atoms with Crippen LogP contribution in [0.5, 0.6) is 0 Å². The van der Waals surface area contributed by atoms with E-state index in [0.29, 0.717) is 6.04 Å². The summed E-state index contributed by atoms with van der Waals surface area (Å²) in [4.78, 5) is 4.61. The number of pyridine rings is 1. The number of hydrogen-bond acceptors (Lipinski definition) is 2. The molecule has 2 unspecified atom stereocenters. The van der Waals surface area contributed by atoms with E-state index in [1.54, 1.807) is 0 Å². The van der Waals surface area contributed by atoms with Crippen molar-refractivity contribution in [2.45, 2.75) is 57.0 Å². The molecule has 1 heterocycles. The van der Waals surface area contributed by atoms with Gasteiger partial charge in [-0.1, -0.05) is 37.5 Å². The number of hydrogen-bond donors (Lipinski definition) is 1. The van der Waals surface area contributed by atoms with Gasteiger partial charge in [0, 0.05) is 29.0 Å². The van der Waals surface area contributed by atoms with E-state index in [-0.39, 0.29) is 5.38 Å². The predicted molar refractivity (Wildman–Crippen MR) is 89.8 cm³/mol. The Morgan fingerprint density at radius 2 is 2.00 bits per heavy atom. The van der Waals surface area contributed by atoms with E-state index in [9.17, 15) is 0 Å². The van der Waals surface area contributed by atoms with Gasteiger partial charge in [-0.2, -0.15) is 0 Å². The van der Waals surface area contributed by atoms with Gasteiger partial charge in [-0.3, -0.25) is 4.98 Å². The summed E-state index contributed by atoms with van der Waals surface area (Å²) in [6.07, 6.45) is 6.20.